The van der Waals surface area contributed by atoms with Gasteiger partial charge in [-0.2, -0.15) is 5.10 Å². The van der Waals surface area contributed by atoms with E-state index in [4.69, 9.17) is 0 Å². The Labute approximate surface area is 133 Å². The van der Waals surface area contributed by atoms with Crippen LogP contribution in [0.25, 0.3) is 0 Å². The van der Waals surface area contributed by atoms with E-state index in [1.165, 1.54) is 16.8 Å². The number of nitrogens with one attached hydrogen (secondary N) is 2. The van der Waals surface area contributed by atoms with Crippen molar-refractivity contribution in [1.29, 1.82) is 0 Å². The first kappa shape index (κ1) is 16.4. The summed E-state index contributed by atoms with van der Waals surface area (Å²) in [6.45, 7) is 4.25. The lowest BCUT2D eigenvalue weighted by atomic mass is 10.1. The van der Waals surface area contributed by atoms with Crippen molar-refractivity contribution in [2.24, 2.45) is 0 Å². The summed E-state index contributed by atoms with van der Waals surface area (Å²) < 4.78 is 1.22. The quantitative estimate of drug-likeness (QED) is 0.825. The highest BCUT2D eigenvalue weighted by Gasteiger charge is 2.11. The molecule has 0 aliphatic rings. The Morgan fingerprint density at radius 2 is 1.70 bits per heavy atom. The number of aromatic nitrogens is 2. The van der Waals surface area contributed by atoms with Crippen molar-refractivity contribution < 1.29 is 9.59 Å². The van der Waals surface area contributed by atoms with Crippen LogP contribution in [0, 0.1) is 6.92 Å². The summed E-state index contributed by atoms with van der Waals surface area (Å²) in [4.78, 5) is 35.5. The van der Waals surface area contributed by atoms with Gasteiger partial charge in [0.05, 0.1) is 0 Å². The van der Waals surface area contributed by atoms with Gasteiger partial charge in [0.2, 0.25) is 0 Å². The van der Waals surface area contributed by atoms with E-state index in [9.17, 15) is 14.4 Å². The fourth-order valence-corrected chi connectivity index (χ4v) is 1.90. The summed E-state index contributed by atoms with van der Waals surface area (Å²) in [5.41, 5.74) is 5.85. The zero-order chi connectivity index (χ0) is 16.8. The summed E-state index contributed by atoms with van der Waals surface area (Å²) in [5.74, 6) is -1.02. The van der Waals surface area contributed by atoms with Gasteiger partial charge in [0.1, 0.15) is 0 Å². The second kappa shape index (κ2) is 7.35. The molecule has 0 unspecified atom stereocenters. The minimum atomic E-state index is -0.588. The van der Waals surface area contributed by atoms with Crippen molar-refractivity contribution in [3.8, 4) is 0 Å². The first-order valence-electron chi connectivity index (χ1n) is 7.26. The largest absolute Gasteiger partial charge is 0.290 e. The molecule has 0 spiro atoms. The Kier molecular flexibility index (Phi) is 5.24. The molecule has 7 heteroatoms. The molecule has 120 valence electrons. The van der Waals surface area contributed by atoms with E-state index in [1.807, 2.05) is 13.8 Å². The molecule has 0 radical (unpaired) electrons. The van der Waals surface area contributed by atoms with Crippen LogP contribution in [-0.2, 0) is 6.54 Å². The number of rotatable bonds is 4. The van der Waals surface area contributed by atoms with Gasteiger partial charge in [-0.3, -0.25) is 25.2 Å². The van der Waals surface area contributed by atoms with E-state index in [1.54, 1.807) is 24.3 Å². The molecule has 7 nitrogen and oxygen atoms in total. The van der Waals surface area contributed by atoms with E-state index in [-0.39, 0.29) is 11.3 Å². The molecule has 0 aliphatic carbocycles. The number of hydrazine groups is 1. The minimum Gasteiger partial charge on any atom is -0.268 e. The Bertz CT molecular complexity index is 766. The van der Waals surface area contributed by atoms with Crippen LogP contribution in [0.2, 0.25) is 0 Å². The van der Waals surface area contributed by atoms with Crippen LogP contribution in [0.3, 0.4) is 0 Å². The van der Waals surface area contributed by atoms with Crippen LogP contribution in [0.15, 0.2) is 41.2 Å². The van der Waals surface area contributed by atoms with Crippen LogP contribution in [-0.4, -0.2) is 21.6 Å². The monoisotopic (exact) mass is 314 g/mol. The van der Waals surface area contributed by atoms with Gasteiger partial charge < -0.3 is 0 Å². The molecule has 0 atom stereocenters. The Morgan fingerprint density at radius 3 is 2.35 bits per heavy atom. The van der Waals surface area contributed by atoms with Crippen LogP contribution in [0.5, 0.6) is 0 Å². The zero-order valence-electron chi connectivity index (χ0n) is 13.0. The topological polar surface area (TPSA) is 93.1 Å². The number of benzene rings is 1. The lowest BCUT2D eigenvalue weighted by Gasteiger charge is -2.08. The normalized spacial score (nSPS) is 10.2. The zero-order valence-corrected chi connectivity index (χ0v) is 13.0. The highest BCUT2D eigenvalue weighted by Crippen LogP contribution is 2.02. The lowest BCUT2D eigenvalue weighted by Crippen LogP contribution is -2.42. The third-order valence-electron chi connectivity index (χ3n) is 3.14. The van der Waals surface area contributed by atoms with Crippen LogP contribution in [0.4, 0.5) is 0 Å². The number of carbonyl (C=O) groups is 2. The molecule has 2 N–H and O–H groups in total. The fourth-order valence-electron chi connectivity index (χ4n) is 1.90. The standard InChI is InChI=1S/C16H18N4O3/c1-3-10-20-14(21)9-8-13(19-20)16(23)18-17-15(22)12-6-4-11(2)5-7-12/h4-9H,3,10H2,1-2H3,(H,17,22)(H,18,23). The average Bonchev–Trinajstić information content (AvgIpc) is 2.55. The lowest BCUT2D eigenvalue weighted by molar-refractivity contribution is 0.0842. The Morgan fingerprint density at radius 1 is 1.04 bits per heavy atom. The first-order chi connectivity index (χ1) is 11.0. The first-order valence-corrected chi connectivity index (χ1v) is 7.26. The number of carbonyl (C=O) groups excluding carboxylic acids is 2. The van der Waals surface area contributed by atoms with E-state index < -0.39 is 11.8 Å². The van der Waals surface area contributed by atoms with Gasteiger partial charge in [-0.15, -0.1) is 0 Å². The van der Waals surface area contributed by atoms with E-state index in [0.29, 0.717) is 12.1 Å². The highest BCUT2D eigenvalue weighted by molar-refractivity contribution is 5.98. The maximum absolute atomic E-state index is 12.0. The third-order valence-corrected chi connectivity index (χ3v) is 3.14. The number of aryl methyl sites for hydroxylation is 2. The summed E-state index contributed by atoms with van der Waals surface area (Å²) in [6, 6.07) is 9.53. The average molecular weight is 314 g/mol. The molecule has 0 saturated carbocycles. The summed E-state index contributed by atoms with van der Waals surface area (Å²) >= 11 is 0. The molecule has 0 aliphatic heterocycles. The van der Waals surface area contributed by atoms with E-state index in [2.05, 4.69) is 16.0 Å². The van der Waals surface area contributed by atoms with Gasteiger partial charge in [-0.1, -0.05) is 24.6 Å². The van der Waals surface area contributed by atoms with Crippen molar-refractivity contribution in [1.82, 2.24) is 20.6 Å². The number of hydrogen-bond acceptors (Lipinski definition) is 4. The maximum Gasteiger partial charge on any atom is 0.290 e. The van der Waals surface area contributed by atoms with Crippen molar-refractivity contribution in [2.45, 2.75) is 26.8 Å². The summed E-state index contributed by atoms with van der Waals surface area (Å²) in [7, 11) is 0. The number of hydrogen-bond donors (Lipinski definition) is 2. The smallest absolute Gasteiger partial charge is 0.268 e. The molecular weight excluding hydrogens is 296 g/mol. The molecule has 0 saturated heterocycles. The van der Waals surface area contributed by atoms with Crippen LogP contribution < -0.4 is 16.4 Å². The summed E-state index contributed by atoms with van der Waals surface area (Å²) in [5, 5.41) is 3.97. The van der Waals surface area contributed by atoms with Gasteiger partial charge >= 0.3 is 0 Å². The molecular formula is C16H18N4O3. The van der Waals surface area contributed by atoms with Crippen LogP contribution in [0.1, 0.15) is 39.8 Å². The van der Waals surface area contributed by atoms with Crippen LogP contribution >= 0.6 is 0 Å². The molecule has 2 rings (SSSR count). The van der Waals surface area contributed by atoms with Gasteiger partial charge in [0.25, 0.3) is 17.4 Å². The fraction of sp³-hybridized carbons (Fsp3) is 0.250. The molecule has 1 aromatic heterocycles. The molecule has 1 aromatic carbocycles. The second-order valence-electron chi connectivity index (χ2n) is 5.05. The van der Waals surface area contributed by atoms with Crippen molar-refractivity contribution in [2.75, 3.05) is 0 Å². The molecule has 1 heterocycles. The van der Waals surface area contributed by atoms with Gasteiger partial charge in [0, 0.05) is 18.2 Å². The van der Waals surface area contributed by atoms with Crippen molar-refractivity contribution >= 4 is 11.8 Å². The van der Waals surface area contributed by atoms with Gasteiger partial charge in [-0.25, -0.2) is 4.68 Å². The molecule has 0 bridgehead atoms. The maximum atomic E-state index is 12.0. The minimum absolute atomic E-state index is 0.0576. The molecule has 0 fully saturated rings. The van der Waals surface area contributed by atoms with Gasteiger partial charge in [0.15, 0.2) is 5.69 Å². The SMILES string of the molecule is CCCn1nc(C(=O)NNC(=O)c2ccc(C)cc2)ccc1=O. The predicted molar refractivity (Wildman–Crippen MR) is 84.9 cm³/mol. The van der Waals surface area contributed by atoms with E-state index >= 15 is 0 Å². The van der Waals surface area contributed by atoms with Gasteiger partial charge in [-0.05, 0) is 31.5 Å². The molecule has 23 heavy (non-hydrogen) atoms. The number of nitrogens with zero attached hydrogens (tertiary/aromatic N) is 2. The van der Waals surface area contributed by atoms with Crippen molar-refractivity contribution in [3.05, 3.63) is 63.6 Å². The Hall–Kier alpha value is -2.96. The summed E-state index contributed by atoms with van der Waals surface area (Å²) in [6.07, 6.45) is 0.724. The second-order valence-corrected chi connectivity index (χ2v) is 5.05. The predicted octanol–water partition coefficient (Wildman–Crippen LogP) is 1.04. The van der Waals surface area contributed by atoms with Crippen molar-refractivity contribution in [3.63, 3.8) is 0 Å². The van der Waals surface area contributed by atoms with E-state index in [0.717, 1.165) is 12.0 Å². The number of amides is 2. The molecule has 2 aromatic rings. The third kappa shape index (κ3) is 4.26. The Balaban J connectivity index is 2.02. The molecule has 2 amide bonds. The highest BCUT2D eigenvalue weighted by atomic mass is 16.2.